The Hall–Kier alpha value is -1.32. The van der Waals surface area contributed by atoms with Gasteiger partial charge in [-0.25, -0.2) is 0 Å². The predicted octanol–water partition coefficient (Wildman–Crippen LogP) is 1.07. The maximum atomic E-state index is 4.88. The van der Waals surface area contributed by atoms with Crippen LogP contribution >= 0.6 is 0 Å². The fraction of sp³-hybridized carbons (Fsp3) is 0.500. The van der Waals surface area contributed by atoms with Gasteiger partial charge in [0.1, 0.15) is 11.5 Å². The third kappa shape index (κ3) is 2.74. The number of aromatic nitrogens is 1. The van der Waals surface area contributed by atoms with Gasteiger partial charge in [-0.05, 0) is 6.92 Å². The quantitative estimate of drug-likeness (QED) is 0.499. The van der Waals surface area contributed by atoms with E-state index in [1.165, 1.54) is 0 Å². The Morgan fingerprint density at radius 2 is 2.42 bits per heavy atom. The number of rotatable bonds is 3. The molecule has 0 radical (unpaired) electrons. The molecule has 0 N–H and O–H groups in total. The topological polar surface area (TPSA) is 41.6 Å². The molecule has 4 nitrogen and oxygen atoms in total. The Labute approximate surface area is 71.9 Å². The molecule has 0 aromatic carbocycles. The first-order valence-electron chi connectivity index (χ1n) is 3.77. The summed E-state index contributed by atoms with van der Waals surface area (Å²) in [4.78, 5) is 6.01. The van der Waals surface area contributed by atoms with Crippen LogP contribution in [-0.4, -0.2) is 30.5 Å². The average molecular weight is 167 g/mol. The lowest BCUT2D eigenvalue weighted by molar-refractivity contribution is 0.391. The minimum atomic E-state index is 0.579. The van der Waals surface area contributed by atoms with Crippen molar-refractivity contribution < 1.29 is 4.52 Å². The Bertz CT molecular complexity index is 265. The number of hydrogen-bond acceptors (Lipinski definition) is 3. The highest BCUT2D eigenvalue weighted by Crippen LogP contribution is 2.01. The maximum absolute atomic E-state index is 4.88. The molecule has 0 amide bonds. The SMILES string of the molecule is Cc1cc(CN=CN(C)C)no1. The first-order valence-corrected chi connectivity index (χ1v) is 3.77. The molecule has 1 aromatic rings. The van der Waals surface area contributed by atoms with Gasteiger partial charge in [0, 0.05) is 20.2 Å². The van der Waals surface area contributed by atoms with E-state index >= 15 is 0 Å². The maximum Gasteiger partial charge on any atom is 0.133 e. The molecule has 0 saturated heterocycles. The molecule has 1 heterocycles. The summed E-state index contributed by atoms with van der Waals surface area (Å²) in [7, 11) is 3.86. The summed E-state index contributed by atoms with van der Waals surface area (Å²) >= 11 is 0. The fourth-order valence-electron chi connectivity index (χ4n) is 0.790. The van der Waals surface area contributed by atoms with Crippen LogP contribution in [0.1, 0.15) is 11.5 Å². The van der Waals surface area contributed by atoms with Gasteiger partial charge in [0.25, 0.3) is 0 Å². The fourth-order valence-corrected chi connectivity index (χ4v) is 0.790. The van der Waals surface area contributed by atoms with E-state index in [2.05, 4.69) is 10.1 Å². The molecule has 0 saturated carbocycles. The average Bonchev–Trinajstić information content (AvgIpc) is 2.35. The Kier molecular flexibility index (Phi) is 2.85. The molecule has 0 spiro atoms. The van der Waals surface area contributed by atoms with E-state index in [4.69, 9.17) is 4.52 Å². The van der Waals surface area contributed by atoms with Crippen molar-refractivity contribution in [3.05, 3.63) is 17.5 Å². The molecular formula is C8H13N3O. The lowest BCUT2D eigenvalue weighted by atomic mass is 10.4. The van der Waals surface area contributed by atoms with E-state index < -0.39 is 0 Å². The Morgan fingerprint density at radius 3 is 2.92 bits per heavy atom. The molecule has 0 bridgehead atoms. The van der Waals surface area contributed by atoms with Crippen LogP contribution in [0.3, 0.4) is 0 Å². The Balaban J connectivity index is 2.43. The lowest BCUT2D eigenvalue weighted by Gasteiger charge is -2.00. The highest BCUT2D eigenvalue weighted by Gasteiger charge is 1.96. The third-order valence-electron chi connectivity index (χ3n) is 1.24. The van der Waals surface area contributed by atoms with Gasteiger partial charge in [-0.15, -0.1) is 0 Å². The number of aliphatic imine (C=N–C) groups is 1. The molecule has 1 aromatic heterocycles. The summed E-state index contributed by atoms with van der Waals surface area (Å²) in [6.45, 7) is 2.45. The first-order chi connectivity index (χ1) is 5.68. The Morgan fingerprint density at radius 1 is 1.67 bits per heavy atom. The van der Waals surface area contributed by atoms with Crippen molar-refractivity contribution in [1.82, 2.24) is 10.1 Å². The van der Waals surface area contributed by atoms with Gasteiger partial charge in [-0.2, -0.15) is 0 Å². The minimum absolute atomic E-state index is 0.579. The highest BCUT2D eigenvalue weighted by atomic mass is 16.5. The van der Waals surface area contributed by atoms with Crippen LogP contribution in [-0.2, 0) is 6.54 Å². The molecule has 1 rings (SSSR count). The van der Waals surface area contributed by atoms with E-state index in [-0.39, 0.29) is 0 Å². The van der Waals surface area contributed by atoms with Crippen LogP contribution in [0.25, 0.3) is 0 Å². The van der Waals surface area contributed by atoms with Crippen LogP contribution < -0.4 is 0 Å². The summed E-state index contributed by atoms with van der Waals surface area (Å²) in [5.41, 5.74) is 0.866. The standard InChI is InChI=1S/C8H13N3O/c1-7-4-8(10-12-7)5-9-6-11(2)3/h4,6H,5H2,1-3H3. The van der Waals surface area contributed by atoms with E-state index in [1.807, 2.05) is 32.0 Å². The van der Waals surface area contributed by atoms with Crippen molar-refractivity contribution in [2.45, 2.75) is 13.5 Å². The largest absolute Gasteiger partial charge is 0.369 e. The van der Waals surface area contributed by atoms with Gasteiger partial charge < -0.3 is 9.42 Å². The highest BCUT2D eigenvalue weighted by molar-refractivity contribution is 5.53. The van der Waals surface area contributed by atoms with E-state index in [0.717, 1.165) is 11.5 Å². The molecule has 66 valence electrons. The first kappa shape index (κ1) is 8.77. The second-order valence-electron chi connectivity index (χ2n) is 2.85. The predicted molar refractivity (Wildman–Crippen MR) is 47.1 cm³/mol. The van der Waals surface area contributed by atoms with Crippen molar-refractivity contribution in [2.75, 3.05) is 14.1 Å². The van der Waals surface area contributed by atoms with Crippen molar-refractivity contribution in [3.8, 4) is 0 Å². The van der Waals surface area contributed by atoms with Crippen molar-refractivity contribution in [3.63, 3.8) is 0 Å². The molecule has 0 aliphatic heterocycles. The molecule has 0 fully saturated rings. The minimum Gasteiger partial charge on any atom is -0.369 e. The number of aryl methyl sites for hydroxylation is 1. The molecule has 0 aliphatic carbocycles. The summed E-state index contributed by atoms with van der Waals surface area (Å²) in [6.07, 6.45) is 1.75. The van der Waals surface area contributed by atoms with Gasteiger partial charge in [-0.1, -0.05) is 5.16 Å². The zero-order valence-electron chi connectivity index (χ0n) is 7.61. The normalized spacial score (nSPS) is 10.9. The van der Waals surface area contributed by atoms with Crippen LogP contribution in [0.5, 0.6) is 0 Å². The summed E-state index contributed by atoms with van der Waals surface area (Å²) in [5, 5.41) is 3.81. The van der Waals surface area contributed by atoms with Crippen molar-refractivity contribution in [1.29, 1.82) is 0 Å². The van der Waals surface area contributed by atoms with Crippen LogP contribution in [0.4, 0.5) is 0 Å². The van der Waals surface area contributed by atoms with Crippen LogP contribution in [0.2, 0.25) is 0 Å². The van der Waals surface area contributed by atoms with Gasteiger partial charge in [0.15, 0.2) is 0 Å². The number of hydrogen-bond donors (Lipinski definition) is 0. The van der Waals surface area contributed by atoms with Crippen molar-refractivity contribution in [2.24, 2.45) is 4.99 Å². The van der Waals surface area contributed by atoms with Crippen LogP contribution in [0.15, 0.2) is 15.6 Å². The molecule has 12 heavy (non-hydrogen) atoms. The lowest BCUT2D eigenvalue weighted by Crippen LogP contribution is -2.07. The van der Waals surface area contributed by atoms with Gasteiger partial charge >= 0.3 is 0 Å². The summed E-state index contributed by atoms with van der Waals surface area (Å²) in [5.74, 6) is 0.824. The van der Waals surface area contributed by atoms with Crippen LogP contribution in [0, 0.1) is 6.92 Å². The van der Waals surface area contributed by atoms with E-state index in [0.29, 0.717) is 6.54 Å². The van der Waals surface area contributed by atoms with Gasteiger partial charge in [0.05, 0.1) is 12.9 Å². The van der Waals surface area contributed by atoms with Gasteiger partial charge in [-0.3, -0.25) is 4.99 Å². The molecule has 4 heteroatoms. The monoisotopic (exact) mass is 167 g/mol. The summed E-state index contributed by atoms with van der Waals surface area (Å²) < 4.78 is 4.88. The van der Waals surface area contributed by atoms with Crippen molar-refractivity contribution >= 4 is 6.34 Å². The molecule has 0 aliphatic rings. The second-order valence-corrected chi connectivity index (χ2v) is 2.85. The second kappa shape index (κ2) is 3.90. The van der Waals surface area contributed by atoms with E-state index in [1.54, 1.807) is 6.34 Å². The molecule has 0 atom stereocenters. The van der Waals surface area contributed by atoms with E-state index in [9.17, 15) is 0 Å². The third-order valence-corrected chi connectivity index (χ3v) is 1.24. The molecule has 0 unspecified atom stereocenters. The zero-order valence-corrected chi connectivity index (χ0v) is 7.61. The zero-order chi connectivity index (χ0) is 8.97. The smallest absolute Gasteiger partial charge is 0.133 e. The molecular weight excluding hydrogens is 154 g/mol. The van der Waals surface area contributed by atoms with Gasteiger partial charge in [0.2, 0.25) is 0 Å². The summed E-state index contributed by atoms with van der Waals surface area (Å²) in [6, 6.07) is 1.88. The number of nitrogens with zero attached hydrogens (tertiary/aromatic N) is 3.